The monoisotopic (exact) mass is 413 g/mol. The first-order chi connectivity index (χ1) is 13.0. The zero-order chi connectivity index (χ0) is 21.1. The Hall–Kier alpha value is -2.54. The van der Waals surface area contributed by atoms with E-state index in [1.807, 2.05) is 0 Å². The van der Waals surface area contributed by atoms with Crippen LogP contribution in [-0.2, 0) is 11.0 Å². The third kappa shape index (κ3) is 5.48. The number of ether oxygens (including phenoxy) is 1. The summed E-state index contributed by atoms with van der Waals surface area (Å²) in [5, 5.41) is 2.69. The van der Waals surface area contributed by atoms with Crippen molar-refractivity contribution in [3.05, 3.63) is 58.6 Å². The normalized spacial score (nSPS) is 12.6. The van der Waals surface area contributed by atoms with Crippen LogP contribution in [0.3, 0.4) is 0 Å². The molecule has 2 rings (SSSR count). The number of benzene rings is 2. The summed E-state index contributed by atoms with van der Waals surface area (Å²) in [6, 6.07) is 8.08. The van der Waals surface area contributed by atoms with Crippen LogP contribution in [0.5, 0.6) is 5.75 Å². The van der Waals surface area contributed by atoms with Gasteiger partial charge in [-0.3, -0.25) is 4.79 Å². The maximum atomic E-state index is 12.8. The van der Waals surface area contributed by atoms with E-state index in [0.717, 1.165) is 12.1 Å². The molecule has 0 unspecified atom stereocenters. The Labute approximate surface area is 165 Å². The minimum Gasteiger partial charge on any atom is -0.425 e. The Bertz CT molecular complexity index is 864. The number of alkyl halides is 3. The number of nitrogens with one attached hydrogen (secondary N) is 1. The predicted molar refractivity (Wildman–Crippen MR) is 101 cm³/mol. The topological polar surface area (TPSA) is 55.4 Å². The van der Waals surface area contributed by atoms with Gasteiger partial charge in [-0.1, -0.05) is 25.4 Å². The van der Waals surface area contributed by atoms with Crippen LogP contribution in [0.2, 0.25) is 5.02 Å². The van der Waals surface area contributed by atoms with Crippen molar-refractivity contribution < 1.29 is 27.5 Å². The lowest BCUT2D eigenvalue weighted by molar-refractivity contribution is -0.138. The predicted octanol–water partition coefficient (Wildman–Crippen LogP) is 5.60. The summed E-state index contributed by atoms with van der Waals surface area (Å²) in [5.74, 6) is -0.721. The summed E-state index contributed by atoms with van der Waals surface area (Å²) in [7, 11) is 0. The van der Waals surface area contributed by atoms with Gasteiger partial charge in [-0.25, -0.2) is 4.79 Å². The van der Waals surface area contributed by atoms with E-state index in [0.29, 0.717) is 5.56 Å². The van der Waals surface area contributed by atoms with Crippen LogP contribution in [-0.4, -0.2) is 17.8 Å². The van der Waals surface area contributed by atoms with Crippen LogP contribution in [0.25, 0.3) is 0 Å². The molecule has 1 N–H and O–H groups in total. The van der Waals surface area contributed by atoms with E-state index in [1.165, 1.54) is 37.3 Å². The number of ketones is 1. The van der Waals surface area contributed by atoms with Crippen LogP contribution in [0.1, 0.15) is 36.7 Å². The Balaban J connectivity index is 2.16. The molecule has 0 spiro atoms. The fourth-order valence-electron chi connectivity index (χ4n) is 2.41. The molecule has 4 nitrogen and oxygen atoms in total. The Morgan fingerprint density at radius 2 is 1.68 bits per heavy atom. The lowest BCUT2D eigenvalue weighted by atomic mass is 10.0. The molecule has 0 aliphatic rings. The van der Waals surface area contributed by atoms with Gasteiger partial charge in [0.1, 0.15) is 11.8 Å². The lowest BCUT2D eigenvalue weighted by Crippen LogP contribution is -2.37. The van der Waals surface area contributed by atoms with Crippen LogP contribution in [0.4, 0.5) is 18.9 Å². The molecule has 2 aromatic rings. The Kier molecular flexibility index (Phi) is 6.72. The van der Waals surface area contributed by atoms with E-state index in [9.17, 15) is 22.8 Å². The highest BCUT2D eigenvalue weighted by atomic mass is 35.5. The first kappa shape index (κ1) is 21.8. The lowest BCUT2D eigenvalue weighted by Gasteiger charge is -2.23. The first-order valence-electron chi connectivity index (χ1n) is 8.45. The number of carbonyl (C=O) groups is 2. The number of anilines is 1. The van der Waals surface area contributed by atoms with Crippen LogP contribution < -0.4 is 10.1 Å². The summed E-state index contributed by atoms with van der Waals surface area (Å²) in [4.78, 5) is 23.8. The maximum Gasteiger partial charge on any atom is 0.416 e. The summed E-state index contributed by atoms with van der Waals surface area (Å²) in [6.07, 6.45) is -4.51. The molecule has 0 amide bonds. The van der Waals surface area contributed by atoms with Gasteiger partial charge >= 0.3 is 12.1 Å². The van der Waals surface area contributed by atoms with Gasteiger partial charge in [-0.05, 0) is 55.3 Å². The SMILES string of the molecule is CC(=O)c1ccc(OC(=O)[C@@H](Nc2ccc(C(F)(F)F)cc2Cl)C(C)C)cc1. The molecule has 8 heteroatoms. The molecule has 0 aliphatic heterocycles. The number of rotatable bonds is 6. The molecular weight excluding hydrogens is 395 g/mol. The highest BCUT2D eigenvalue weighted by Gasteiger charge is 2.31. The fourth-order valence-corrected chi connectivity index (χ4v) is 2.65. The molecule has 0 aliphatic carbocycles. The average Bonchev–Trinajstić information content (AvgIpc) is 2.59. The van der Waals surface area contributed by atoms with E-state index in [1.54, 1.807) is 13.8 Å². The molecule has 0 saturated heterocycles. The zero-order valence-corrected chi connectivity index (χ0v) is 16.2. The van der Waals surface area contributed by atoms with E-state index >= 15 is 0 Å². The second-order valence-corrected chi connectivity index (χ2v) is 6.97. The summed E-state index contributed by atoms with van der Waals surface area (Å²) in [5.41, 5.74) is -0.204. The van der Waals surface area contributed by atoms with Gasteiger partial charge in [0.05, 0.1) is 16.3 Å². The Morgan fingerprint density at radius 1 is 1.07 bits per heavy atom. The number of hydrogen-bond acceptors (Lipinski definition) is 4. The van der Waals surface area contributed by atoms with Crippen molar-refractivity contribution in [3.8, 4) is 5.75 Å². The van der Waals surface area contributed by atoms with Crippen molar-refractivity contribution in [2.75, 3.05) is 5.32 Å². The van der Waals surface area contributed by atoms with Crippen molar-refractivity contribution in [1.29, 1.82) is 0 Å². The first-order valence-corrected chi connectivity index (χ1v) is 8.83. The van der Waals surface area contributed by atoms with Crippen molar-refractivity contribution in [2.24, 2.45) is 5.92 Å². The third-order valence-corrected chi connectivity index (χ3v) is 4.32. The standard InChI is InChI=1S/C20H19ClF3NO3/c1-11(2)18(19(27)28-15-7-4-13(5-8-15)12(3)26)25-17-9-6-14(10-16(17)21)20(22,23)24/h4-11,18,25H,1-3H3/t18-/m0/s1. The second kappa shape index (κ2) is 8.65. The molecule has 0 heterocycles. The molecular formula is C20H19ClF3NO3. The molecule has 0 fully saturated rings. The van der Waals surface area contributed by atoms with Crippen molar-refractivity contribution >= 4 is 29.0 Å². The van der Waals surface area contributed by atoms with Crippen LogP contribution >= 0.6 is 11.6 Å². The van der Waals surface area contributed by atoms with Gasteiger partial charge in [0, 0.05) is 5.56 Å². The highest BCUT2D eigenvalue weighted by Crippen LogP contribution is 2.34. The molecule has 28 heavy (non-hydrogen) atoms. The third-order valence-electron chi connectivity index (χ3n) is 4.01. The molecule has 0 saturated carbocycles. The van der Waals surface area contributed by atoms with Crippen LogP contribution in [0.15, 0.2) is 42.5 Å². The van der Waals surface area contributed by atoms with Crippen LogP contribution in [0, 0.1) is 5.92 Å². The molecule has 1 atom stereocenters. The van der Waals surface area contributed by atoms with Gasteiger partial charge in [-0.15, -0.1) is 0 Å². The largest absolute Gasteiger partial charge is 0.425 e. The number of halogens is 4. The smallest absolute Gasteiger partial charge is 0.416 e. The maximum absolute atomic E-state index is 12.8. The van der Waals surface area contributed by atoms with Gasteiger partial charge in [-0.2, -0.15) is 13.2 Å². The van der Waals surface area contributed by atoms with E-state index < -0.39 is 23.8 Å². The summed E-state index contributed by atoms with van der Waals surface area (Å²) >= 11 is 5.95. The molecule has 150 valence electrons. The molecule has 0 bridgehead atoms. The summed E-state index contributed by atoms with van der Waals surface area (Å²) in [6.45, 7) is 4.94. The number of Topliss-reactive ketones (excluding diaryl/α,β-unsaturated/α-hetero) is 1. The van der Waals surface area contributed by atoms with E-state index in [2.05, 4.69) is 5.32 Å². The quantitative estimate of drug-likeness (QED) is 0.380. The number of esters is 1. The second-order valence-electron chi connectivity index (χ2n) is 6.56. The zero-order valence-electron chi connectivity index (χ0n) is 15.4. The van der Waals surface area contributed by atoms with Gasteiger partial charge in [0.25, 0.3) is 0 Å². The van der Waals surface area contributed by atoms with Gasteiger partial charge in [0.15, 0.2) is 5.78 Å². The van der Waals surface area contributed by atoms with E-state index in [4.69, 9.17) is 16.3 Å². The number of carbonyl (C=O) groups excluding carboxylic acids is 2. The average molecular weight is 414 g/mol. The Morgan fingerprint density at radius 3 is 2.14 bits per heavy atom. The van der Waals surface area contributed by atoms with Crippen molar-refractivity contribution in [1.82, 2.24) is 0 Å². The molecule has 0 aromatic heterocycles. The van der Waals surface area contributed by atoms with Gasteiger partial charge in [0.2, 0.25) is 0 Å². The highest BCUT2D eigenvalue weighted by molar-refractivity contribution is 6.33. The summed E-state index contributed by atoms with van der Waals surface area (Å²) < 4.78 is 43.6. The minimum atomic E-state index is -4.51. The minimum absolute atomic E-state index is 0.114. The molecule has 2 aromatic carbocycles. The van der Waals surface area contributed by atoms with E-state index in [-0.39, 0.29) is 28.2 Å². The molecule has 0 radical (unpaired) electrons. The number of hydrogen-bond donors (Lipinski definition) is 1. The van der Waals surface area contributed by atoms with Gasteiger partial charge < -0.3 is 10.1 Å². The fraction of sp³-hybridized carbons (Fsp3) is 0.300. The van der Waals surface area contributed by atoms with Crippen molar-refractivity contribution in [2.45, 2.75) is 33.0 Å². The van der Waals surface area contributed by atoms with Crippen molar-refractivity contribution in [3.63, 3.8) is 0 Å².